The Morgan fingerprint density at radius 3 is 2.75 bits per heavy atom. The Hall–Kier alpha value is -1.34. The zero-order chi connectivity index (χ0) is 11.5. The quantitative estimate of drug-likeness (QED) is 0.897. The van der Waals surface area contributed by atoms with E-state index in [9.17, 15) is 0 Å². The van der Waals surface area contributed by atoms with E-state index in [1.807, 2.05) is 14.1 Å². The Kier molecular flexibility index (Phi) is 3.25. The van der Waals surface area contributed by atoms with Crippen molar-refractivity contribution < 1.29 is 0 Å². The van der Waals surface area contributed by atoms with Gasteiger partial charge in [-0.25, -0.2) is 4.98 Å². The number of H-pyrrole nitrogens is 1. The predicted octanol–water partition coefficient (Wildman–Crippen LogP) is 1.47. The molecule has 0 aliphatic carbocycles. The molecule has 0 saturated carbocycles. The van der Waals surface area contributed by atoms with E-state index in [0.717, 1.165) is 0 Å². The van der Waals surface area contributed by atoms with Gasteiger partial charge in [-0.2, -0.15) is 15.0 Å². The number of hydrogen-bond acceptors (Lipinski definition) is 6. The predicted molar refractivity (Wildman–Crippen MR) is 61.9 cm³/mol. The fourth-order valence-electron chi connectivity index (χ4n) is 0.961. The maximum absolute atomic E-state index is 5.80. The van der Waals surface area contributed by atoms with E-state index >= 15 is 0 Å². The number of halogens is 1. The number of imidazole rings is 1. The summed E-state index contributed by atoms with van der Waals surface area (Å²) in [7, 11) is 3.68. The summed E-state index contributed by atoms with van der Waals surface area (Å²) in [4.78, 5) is 21.0. The van der Waals surface area contributed by atoms with Crippen LogP contribution in [0.4, 0.5) is 5.95 Å². The first-order valence-corrected chi connectivity index (χ1v) is 5.61. The van der Waals surface area contributed by atoms with Crippen LogP contribution in [-0.2, 0) is 0 Å². The summed E-state index contributed by atoms with van der Waals surface area (Å²) >= 11 is 7.10. The molecule has 0 saturated heterocycles. The van der Waals surface area contributed by atoms with Crippen LogP contribution in [0.3, 0.4) is 0 Å². The van der Waals surface area contributed by atoms with Crippen molar-refractivity contribution in [3.63, 3.8) is 0 Å². The SMILES string of the molecule is CN(C)c1nc(Cl)nc(Sc2ncc[nH]2)n1. The normalized spacial score (nSPS) is 10.4. The summed E-state index contributed by atoms with van der Waals surface area (Å²) in [6, 6.07) is 0. The van der Waals surface area contributed by atoms with Crippen LogP contribution >= 0.6 is 23.4 Å². The lowest BCUT2D eigenvalue weighted by Gasteiger charge is -2.09. The molecule has 0 aliphatic heterocycles. The monoisotopic (exact) mass is 256 g/mol. The molecule has 2 heterocycles. The molecule has 0 spiro atoms. The molecule has 0 amide bonds. The fraction of sp³-hybridized carbons (Fsp3) is 0.250. The third-order valence-corrected chi connectivity index (χ3v) is 2.59. The molecule has 2 aromatic heterocycles. The van der Waals surface area contributed by atoms with E-state index in [2.05, 4.69) is 24.9 Å². The standard InChI is InChI=1S/C8H9ClN6S/c1-15(2)6-12-5(9)13-8(14-6)16-7-10-3-4-11-7/h3-4H,1-2H3,(H,10,11). The smallest absolute Gasteiger partial charge is 0.230 e. The van der Waals surface area contributed by atoms with Crippen molar-refractivity contribution in [1.82, 2.24) is 24.9 Å². The summed E-state index contributed by atoms with van der Waals surface area (Å²) in [5.74, 6) is 0.522. The van der Waals surface area contributed by atoms with E-state index < -0.39 is 0 Å². The van der Waals surface area contributed by atoms with Crippen LogP contribution in [0.15, 0.2) is 22.7 Å². The van der Waals surface area contributed by atoms with Gasteiger partial charge in [0.15, 0.2) is 5.16 Å². The van der Waals surface area contributed by atoms with Gasteiger partial charge in [-0.15, -0.1) is 0 Å². The number of rotatable bonds is 3. The zero-order valence-electron chi connectivity index (χ0n) is 8.68. The molecule has 2 rings (SSSR count). The maximum atomic E-state index is 5.80. The first-order chi connectivity index (χ1) is 7.65. The Labute approximate surface area is 101 Å². The van der Waals surface area contributed by atoms with Gasteiger partial charge < -0.3 is 9.88 Å². The van der Waals surface area contributed by atoms with Gasteiger partial charge in [0.2, 0.25) is 16.4 Å². The third-order valence-electron chi connectivity index (χ3n) is 1.64. The van der Waals surface area contributed by atoms with Crippen molar-refractivity contribution in [2.75, 3.05) is 19.0 Å². The van der Waals surface area contributed by atoms with Gasteiger partial charge in [-0.05, 0) is 23.4 Å². The minimum absolute atomic E-state index is 0.174. The highest BCUT2D eigenvalue weighted by atomic mass is 35.5. The largest absolute Gasteiger partial charge is 0.347 e. The molecule has 0 fully saturated rings. The minimum atomic E-state index is 0.174. The van der Waals surface area contributed by atoms with Crippen LogP contribution in [0.5, 0.6) is 0 Å². The van der Waals surface area contributed by atoms with Crippen LogP contribution in [0.25, 0.3) is 0 Å². The Morgan fingerprint density at radius 2 is 2.12 bits per heavy atom. The van der Waals surface area contributed by atoms with Gasteiger partial charge >= 0.3 is 0 Å². The molecule has 8 heteroatoms. The van der Waals surface area contributed by atoms with Crippen LogP contribution in [0.2, 0.25) is 5.28 Å². The second-order valence-electron chi connectivity index (χ2n) is 3.08. The van der Waals surface area contributed by atoms with E-state index in [-0.39, 0.29) is 5.28 Å². The number of aromatic nitrogens is 5. The van der Waals surface area contributed by atoms with Gasteiger partial charge in [0.25, 0.3) is 0 Å². The molecule has 0 aliphatic rings. The van der Waals surface area contributed by atoms with Crippen molar-refractivity contribution in [3.8, 4) is 0 Å². The second-order valence-corrected chi connectivity index (χ2v) is 4.37. The minimum Gasteiger partial charge on any atom is -0.347 e. The van der Waals surface area contributed by atoms with E-state index in [1.165, 1.54) is 11.8 Å². The number of anilines is 1. The first-order valence-electron chi connectivity index (χ1n) is 4.41. The van der Waals surface area contributed by atoms with Crippen LogP contribution in [-0.4, -0.2) is 39.0 Å². The maximum Gasteiger partial charge on any atom is 0.230 e. The highest BCUT2D eigenvalue weighted by Gasteiger charge is 2.08. The molecule has 2 aromatic rings. The van der Waals surface area contributed by atoms with Crippen molar-refractivity contribution in [3.05, 3.63) is 17.7 Å². The Bertz CT molecular complexity index is 471. The number of nitrogens with one attached hydrogen (secondary N) is 1. The highest BCUT2D eigenvalue weighted by molar-refractivity contribution is 7.99. The van der Waals surface area contributed by atoms with Crippen molar-refractivity contribution in [1.29, 1.82) is 0 Å². The highest BCUT2D eigenvalue weighted by Crippen LogP contribution is 2.22. The number of hydrogen-bond donors (Lipinski definition) is 1. The molecular weight excluding hydrogens is 248 g/mol. The molecule has 84 valence electrons. The summed E-state index contributed by atoms with van der Waals surface area (Å²) in [6.07, 6.45) is 3.40. The van der Waals surface area contributed by atoms with Crippen LogP contribution < -0.4 is 4.90 Å². The second kappa shape index (κ2) is 4.67. The third kappa shape index (κ3) is 2.61. The zero-order valence-corrected chi connectivity index (χ0v) is 10.2. The summed E-state index contributed by atoms with van der Waals surface area (Å²) in [6.45, 7) is 0. The lowest BCUT2D eigenvalue weighted by atomic mass is 10.8. The molecule has 0 atom stereocenters. The van der Waals surface area contributed by atoms with E-state index in [4.69, 9.17) is 11.6 Å². The summed E-state index contributed by atoms with van der Waals surface area (Å²) < 4.78 is 0. The molecule has 6 nitrogen and oxygen atoms in total. The summed E-state index contributed by atoms with van der Waals surface area (Å²) in [5.41, 5.74) is 0. The van der Waals surface area contributed by atoms with Gasteiger partial charge in [0.1, 0.15) is 0 Å². The Balaban J connectivity index is 2.27. The average Bonchev–Trinajstić information content (AvgIpc) is 2.69. The van der Waals surface area contributed by atoms with Crippen molar-refractivity contribution in [2.45, 2.75) is 10.3 Å². The molecule has 1 N–H and O–H groups in total. The van der Waals surface area contributed by atoms with E-state index in [1.54, 1.807) is 17.3 Å². The molecule has 0 unspecified atom stereocenters. The molecule has 0 aromatic carbocycles. The number of nitrogens with zero attached hydrogens (tertiary/aromatic N) is 5. The van der Waals surface area contributed by atoms with E-state index in [0.29, 0.717) is 16.3 Å². The topological polar surface area (TPSA) is 70.6 Å². The molecule has 16 heavy (non-hydrogen) atoms. The van der Waals surface area contributed by atoms with Gasteiger partial charge in [-0.3, -0.25) is 0 Å². The van der Waals surface area contributed by atoms with Crippen LogP contribution in [0, 0.1) is 0 Å². The van der Waals surface area contributed by atoms with Gasteiger partial charge in [0.05, 0.1) is 0 Å². The fourth-order valence-corrected chi connectivity index (χ4v) is 1.84. The molecule has 0 bridgehead atoms. The van der Waals surface area contributed by atoms with Crippen LogP contribution in [0.1, 0.15) is 0 Å². The molecular formula is C8H9ClN6S. The molecule has 0 radical (unpaired) electrons. The van der Waals surface area contributed by atoms with Gasteiger partial charge in [0, 0.05) is 26.5 Å². The lowest BCUT2D eigenvalue weighted by Crippen LogP contribution is -2.13. The van der Waals surface area contributed by atoms with Gasteiger partial charge in [-0.1, -0.05) is 0 Å². The first kappa shape index (κ1) is 11.2. The Morgan fingerprint density at radius 1 is 1.31 bits per heavy atom. The lowest BCUT2D eigenvalue weighted by molar-refractivity contribution is 0.861. The van der Waals surface area contributed by atoms with Crippen molar-refractivity contribution in [2.24, 2.45) is 0 Å². The average molecular weight is 257 g/mol. The number of aromatic amines is 1. The van der Waals surface area contributed by atoms with Crippen molar-refractivity contribution >= 4 is 29.3 Å². The summed E-state index contributed by atoms with van der Waals surface area (Å²) in [5, 5.41) is 1.40.